The Kier molecular flexibility index (Phi) is 7.45. The molecule has 0 aliphatic heterocycles. The number of hydrogen-bond donors (Lipinski definition) is 1. The van der Waals surface area contributed by atoms with E-state index in [0.717, 1.165) is 6.54 Å². The number of ether oxygens (including phenoxy) is 1. The van der Waals surface area contributed by atoms with E-state index in [1.165, 1.54) is 12.8 Å². The van der Waals surface area contributed by atoms with Crippen molar-refractivity contribution in [3.05, 3.63) is 0 Å². The number of nitrogens with zero attached hydrogens (tertiary/aromatic N) is 1. The summed E-state index contributed by atoms with van der Waals surface area (Å²) in [5, 5.41) is 9.35. The van der Waals surface area contributed by atoms with Crippen molar-refractivity contribution < 1.29 is 9.84 Å². The molecule has 12 heavy (non-hydrogen) atoms. The van der Waals surface area contributed by atoms with Crippen LogP contribution in [0.4, 0.5) is 0 Å². The van der Waals surface area contributed by atoms with Gasteiger partial charge in [0.1, 0.15) is 0 Å². The third-order valence-corrected chi connectivity index (χ3v) is 1.77. The lowest BCUT2D eigenvalue weighted by molar-refractivity contribution is 0.0431. The van der Waals surface area contributed by atoms with E-state index < -0.39 is 0 Å². The number of hydrogen-bond acceptors (Lipinski definition) is 3. The van der Waals surface area contributed by atoms with Gasteiger partial charge < -0.3 is 14.7 Å². The van der Waals surface area contributed by atoms with Crippen molar-refractivity contribution in [2.75, 3.05) is 33.9 Å². The van der Waals surface area contributed by atoms with Crippen LogP contribution < -0.4 is 0 Å². The van der Waals surface area contributed by atoms with Gasteiger partial charge in [-0.05, 0) is 20.0 Å². The van der Waals surface area contributed by atoms with Crippen molar-refractivity contribution in [3.8, 4) is 0 Å². The van der Waals surface area contributed by atoms with Gasteiger partial charge in [0.25, 0.3) is 0 Å². The summed E-state index contributed by atoms with van der Waals surface area (Å²) in [6.45, 7) is 4.35. The molecule has 0 aromatic carbocycles. The number of rotatable bonds is 7. The van der Waals surface area contributed by atoms with Crippen molar-refractivity contribution in [2.45, 2.75) is 25.9 Å². The van der Waals surface area contributed by atoms with Crippen LogP contribution in [0.5, 0.6) is 0 Å². The summed E-state index contributed by atoms with van der Waals surface area (Å²) in [6, 6.07) is 0. The van der Waals surface area contributed by atoms with Crippen molar-refractivity contribution in [1.29, 1.82) is 0 Å². The van der Waals surface area contributed by atoms with E-state index in [2.05, 4.69) is 11.8 Å². The summed E-state index contributed by atoms with van der Waals surface area (Å²) in [4.78, 5) is 2.13. The highest BCUT2D eigenvalue weighted by Crippen LogP contribution is 1.94. The molecule has 0 saturated carbocycles. The molecule has 0 saturated heterocycles. The molecule has 3 nitrogen and oxygen atoms in total. The molecule has 0 fully saturated rings. The summed E-state index contributed by atoms with van der Waals surface area (Å²) in [5.41, 5.74) is 0. The maximum atomic E-state index is 9.35. The standard InChI is InChI=1S/C9H21NO2/c1-4-5-6-10(2)7-9(11)8-12-3/h9,11H,4-8H2,1-3H3/t9-/m0/s1. The van der Waals surface area contributed by atoms with E-state index in [-0.39, 0.29) is 6.10 Å². The quantitative estimate of drug-likeness (QED) is 0.619. The zero-order valence-electron chi connectivity index (χ0n) is 8.42. The molecular weight excluding hydrogens is 154 g/mol. The lowest BCUT2D eigenvalue weighted by Gasteiger charge is -2.19. The first-order valence-electron chi connectivity index (χ1n) is 4.56. The van der Waals surface area contributed by atoms with Gasteiger partial charge in [-0.15, -0.1) is 0 Å². The zero-order chi connectivity index (χ0) is 9.40. The molecule has 3 heteroatoms. The minimum atomic E-state index is -0.350. The molecule has 0 spiro atoms. The monoisotopic (exact) mass is 175 g/mol. The Balaban J connectivity index is 3.33. The van der Waals surface area contributed by atoms with Crippen LogP contribution in [0, 0.1) is 0 Å². The van der Waals surface area contributed by atoms with E-state index in [1.54, 1.807) is 7.11 Å². The van der Waals surface area contributed by atoms with Crippen molar-refractivity contribution in [3.63, 3.8) is 0 Å². The third kappa shape index (κ3) is 6.58. The van der Waals surface area contributed by atoms with Crippen molar-refractivity contribution >= 4 is 0 Å². The van der Waals surface area contributed by atoms with Crippen molar-refractivity contribution in [2.24, 2.45) is 0 Å². The van der Waals surface area contributed by atoms with Gasteiger partial charge in [-0.25, -0.2) is 0 Å². The highest BCUT2D eigenvalue weighted by Gasteiger charge is 2.06. The Morgan fingerprint density at radius 1 is 1.50 bits per heavy atom. The summed E-state index contributed by atoms with van der Waals surface area (Å²) < 4.78 is 4.83. The molecule has 0 aliphatic carbocycles. The summed E-state index contributed by atoms with van der Waals surface area (Å²) in [5.74, 6) is 0. The van der Waals surface area contributed by atoms with Crippen LogP contribution in [0.1, 0.15) is 19.8 Å². The third-order valence-electron chi connectivity index (χ3n) is 1.77. The Morgan fingerprint density at radius 3 is 2.67 bits per heavy atom. The molecule has 0 aliphatic rings. The van der Waals surface area contributed by atoms with Gasteiger partial charge in [-0.3, -0.25) is 0 Å². The Hall–Kier alpha value is -0.120. The maximum absolute atomic E-state index is 9.35. The fraction of sp³-hybridized carbons (Fsp3) is 1.00. The number of methoxy groups -OCH3 is 1. The second-order valence-electron chi connectivity index (χ2n) is 3.22. The van der Waals surface area contributed by atoms with Gasteiger partial charge in [0, 0.05) is 13.7 Å². The summed E-state index contributed by atoms with van der Waals surface area (Å²) >= 11 is 0. The summed E-state index contributed by atoms with van der Waals surface area (Å²) in [7, 11) is 3.63. The molecule has 0 aromatic rings. The first-order valence-corrected chi connectivity index (χ1v) is 4.56. The van der Waals surface area contributed by atoms with Crippen LogP contribution in [0.25, 0.3) is 0 Å². The normalized spacial score (nSPS) is 13.8. The highest BCUT2D eigenvalue weighted by molar-refractivity contribution is 4.59. The smallest absolute Gasteiger partial charge is 0.0899 e. The number of aliphatic hydroxyl groups excluding tert-OH is 1. The fourth-order valence-corrected chi connectivity index (χ4v) is 1.12. The Labute approximate surface area is 75.3 Å². The highest BCUT2D eigenvalue weighted by atomic mass is 16.5. The second-order valence-corrected chi connectivity index (χ2v) is 3.22. The lowest BCUT2D eigenvalue weighted by atomic mass is 10.3. The fourth-order valence-electron chi connectivity index (χ4n) is 1.12. The predicted octanol–water partition coefficient (Wildman–Crippen LogP) is 0.726. The van der Waals surface area contributed by atoms with Crippen LogP contribution in [0.3, 0.4) is 0 Å². The van der Waals surface area contributed by atoms with Gasteiger partial charge in [0.15, 0.2) is 0 Å². The molecule has 0 amide bonds. The van der Waals surface area contributed by atoms with E-state index in [1.807, 2.05) is 7.05 Å². The van der Waals surface area contributed by atoms with E-state index in [4.69, 9.17) is 4.74 Å². The molecule has 1 N–H and O–H groups in total. The van der Waals surface area contributed by atoms with Gasteiger partial charge >= 0.3 is 0 Å². The molecule has 0 unspecified atom stereocenters. The first-order chi connectivity index (χ1) is 5.70. The van der Waals surface area contributed by atoms with Gasteiger partial charge in [0.2, 0.25) is 0 Å². The van der Waals surface area contributed by atoms with Crippen LogP contribution in [-0.4, -0.2) is 50.0 Å². The van der Waals surface area contributed by atoms with Gasteiger partial charge in [0.05, 0.1) is 12.7 Å². The maximum Gasteiger partial charge on any atom is 0.0899 e. The topological polar surface area (TPSA) is 32.7 Å². The number of likely N-dealkylation sites (N-methyl/N-ethyl adjacent to an activating group) is 1. The average Bonchev–Trinajstić information content (AvgIpc) is 2.01. The molecule has 0 aromatic heterocycles. The van der Waals surface area contributed by atoms with Gasteiger partial charge in [-0.2, -0.15) is 0 Å². The Bertz CT molecular complexity index is 98.5. The van der Waals surface area contributed by atoms with Crippen LogP contribution in [-0.2, 0) is 4.74 Å². The number of unbranched alkanes of at least 4 members (excludes halogenated alkanes) is 1. The average molecular weight is 175 g/mol. The number of aliphatic hydroxyl groups is 1. The van der Waals surface area contributed by atoms with Crippen molar-refractivity contribution in [1.82, 2.24) is 4.90 Å². The predicted molar refractivity (Wildman–Crippen MR) is 50.3 cm³/mol. The van der Waals surface area contributed by atoms with E-state index in [0.29, 0.717) is 13.2 Å². The molecule has 0 rings (SSSR count). The molecule has 0 radical (unpaired) electrons. The van der Waals surface area contributed by atoms with Crippen LogP contribution in [0.15, 0.2) is 0 Å². The van der Waals surface area contributed by atoms with E-state index >= 15 is 0 Å². The molecule has 0 heterocycles. The first kappa shape index (κ1) is 11.9. The molecule has 74 valence electrons. The lowest BCUT2D eigenvalue weighted by Crippen LogP contribution is -2.32. The molecule has 1 atom stereocenters. The second kappa shape index (κ2) is 7.53. The summed E-state index contributed by atoms with van der Waals surface area (Å²) in [6.07, 6.45) is 2.04. The SMILES string of the molecule is CCCCN(C)C[C@H](O)COC. The van der Waals surface area contributed by atoms with E-state index in [9.17, 15) is 5.11 Å². The zero-order valence-corrected chi connectivity index (χ0v) is 8.42. The van der Waals surface area contributed by atoms with Crippen LogP contribution >= 0.6 is 0 Å². The largest absolute Gasteiger partial charge is 0.389 e. The minimum Gasteiger partial charge on any atom is -0.389 e. The van der Waals surface area contributed by atoms with Gasteiger partial charge in [-0.1, -0.05) is 13.3 Å². The molecular formula is C9H21NO2. The minimum absolute atomic E-state index is 0.350. The Morgan fingerprint density at radius 2 is 2.17 bits per heavy atom. The molecule has 0 bridgehead atoms. The van der Waals surface area contributed by atoms with Crippen LogP contribution in [0.2, 0.25) is 0 Å².